The zero-order valence-electron chi connectivity index (χ0n) is 39.0. The maximum Gasteiger partial charge on any atom is 0.324 e. The van der Waals surface area contributed by atoms with Gasteiger partial charge in [0.15, 0.2) is 0 Å². The lowest BCUT2D eigenvalue weighted by Crippen LogP contribution is -2.62. The summed E-state index contributed by atoms with van der Waals surface area (Å²) >= 11 is 0. The van der Waals surface area contributed by atoms with Crippen molar-refractivity contribution in [3.05, 3.63) is 71.5 Å². The van der Waals surface area contributed by atoms with Crippen molar-refractivity contribution in [2.24, 2.45) is 17.3 Å². The van der Waals surface area contributed by atoms with E-state index in [1.54, 1.807) is 32.5 Å². The molecule has 4 aliphatic heterocycles. The summed E-state index contributed by atoms with van der Waals surface area (Å²) < 4.78 is 20.2. The fraction of sp³-hybridized carbons (Fsp3) is 0.540. The SMILES string of the molecule is CCn1c(-c2cccnc2[C@H](C)OC)c2c3cc(ccc31)-c1cc(O)cc(c1)C[C@H](NC(=O)[C@H](C(C)C)N(C)C(=O)[C@@H]1CN[C@H]3CCO[C@H]31)C(=O)N1CCC[C@H](N1)C(=O)OCC(C)(C)C2. The van der Waals surface area contributed by atoms with E-state index in [0.717, 1.165) is 51.0 Å². The average Bonchev–Trinajstić information content (AvgIpc) is 4.00. The van der Waals surface area contributed by atoms with Crippen LogP contribution in [0.3, 0.4) is 0 Å². The Morgan fingerprint density at radius 1 is 1.09 bits per heavy atom. The molecule has 3 amide bonds. The molecule has 348 valence electrons. The summed E-state index contributed by atoms with van der Waals surface area (Å²) in [6.07, 6.45) is 3.64. The number of nitrogens with zero attached hydrogens (tertiary/aromatic N) is 4. The molecular formula is C50H65N7O8. The molecule has 4 aliphatic rings. The molecule has 15 heteroatoms. The lowest BCUT2D eigenvalue weighted by atomic mass is 9.84. The van der Waals surface area contributed by atoms with E-state index in [9.17, 15) is 24.3 Å². The van der Waals surface area contributed by atoms with Gasteiger partial charge in [0, 0.05) is 80.9 Å². The molecule has 0 aliphatic carbocycles. The molecule has 4 aromatic rings. The Morgan fingerprint density at radius 2 is 1.89 bits per heavy atom. The summed E-state index contributed by atoms with van der Waals surface area (Å²) in [7, 11) is 3.32. The van der Waals surface area contributed by atoms with Crippen LogP contribution >= 0.6 is 0 Å². The van der Waals surface area contributed by atoms with Gasteiger partial charge in [0.05, 0.1) is 36.1 Å². The predicted molar refractivity (Wildman–Crippen MR) is 246 cm³/mol. The number of aromatic hydroxyl groups is 1. The van der Waals surface area contributed by atoms with Gasteiger partial charge >= 0.3 is 5.97 Å². The number of rotatable bonds is 9. The second-order valence-electron chi connectivity index (χ2n) is 19.4. The zero-order chi connectivity index (χ0) is 46.3. The number of methoxy groups -OCH3 is 1. The van der Waals surface area contributed by atoms with Gasteiger partial charge in [-0.15, -0.1) is 0 Å². The molecule has 0 unspecified atom stereocenters. The molecule has 15 nitrogen and oxygen atoms in total. The number of pyridine rings is 1. The Bertz CT molecular complexity index is 2450. The first-order chi connectivity index (χ1) is 31.1. The van der Waals surface area contributed by atoms with Crippen LogP contribution in [-0.4, -0.2) is 119 Å². The Labute approximate surface area is 381 Å². The van der Waals surface area contributed by atoms with E-state index >= 15 is 0 Å². The molecule has 0 spiro atoms. The molecule has 8 rings (SSSR count). The lowest BCUT2D eigenvalue weighted by Gasteiger charge is -2.37. The third kappa shape index (κ3) is 9.25. The van der Waals surface area contributed by atoms with Crippen LogP contribution in [0.2, 0.25) is 0 Å². The highest BCUT2D eigenvalue weighted by Gasteiger charge is 2.47. The van der Waals surface area contributed by atoms with E-state index in [1.807, 2.05) is 39.0 Å². The van der Waals surface area contributed by atoms with Crippen LogP contribution in [0.15, 0.2) is 54.7 Å². The Hall–Kier alpha value is -5.35. The Balaban J connectivity index is 1.21. The number of hydrogen-bond donors (Lipinski definition) is 4. The normalized spacial score (nSPS) is 24.3. The molecule has 3 saturated heterocycles. The van der Waals surface area contributed by atoms with Crippen molar-refractivity contribution < 1.29 is 38.5 Å². The number of carbonyl (C=O) groups excluding carboxylic acids is 4. The summed E-state index contributed by atoms with van der Waals surface area (Å²) in [4.78, 5) is 63.5. The van der Waals surface area contributed by atoms with Crippen molar-refractivity contribution in [2.45, 2.75) is 117 Å². The fourth-order valence-electron chi connectivity index (χ4n) is 10.5. The number of aromatic nitrogens is 2. The highest BCUT2D eigenvalue weighted by Crippen LogP contribution is 2.42. The second kappa shape index (κ2) is 18.9. The number of fused-ring (bicyclic) bond motifs is 7. The third-order valence-corrected chi connectivity index (χ3v) is 13.8. The van der Waals surface area contributed by atoms with Crippen LogP contribution < -0.4 is 16.1 Å². The van der Waals surface area contributed by atoms with E-state index in [4.69, 9.17) is 19.2 Å². The van der Waals surface area contributed by atoms with Crippen molar-refractivity contribution >= 4 is 34.6 Å². The highest BCUT2D eigenvalue weighted by atomic mass is 16.5. The van der Waals surface area contributed by atoms with Crippen LogP contribution in [0.25, 0.3) is 33.3 Å². The number of ether oxygens (including phenoxy) is 3. The van der Waals surface area contributed by atoms with Gasteiger partial charge in [-0.2, -0.15) is 0 Å². The van der Waals surface area contributed by atoms with Gasteiger partial charge in [0.25, 0.3) is 5.91 Å². The molecule has 6 bridgehead atoms. The number of hydrogen-bond acceptors (Lipinski definition) is 11. The van der Waals surface area contributed by atoms with Crippen molar-refractivity contribution in [1.82, 2.24) is 35.5 Å². The molecule has 4 N–H and O–H groups in total. The van der Waals surface area contributed by atoms with Crippen molar-refractivity contribution in [2.75, 3.05) is 40.5 Å². The van der Waals surface area contributed by atoms with Crippen LogP contribution in [0, 0.1) is 17.3 Å². The third-order valence-electron chi connectivity index (χ3n) is 13.8. The van der Waals surface area contributed by atoms with Gasteiger partial charge < -0.3 is 39.4 Å². The number of aryl methyl sites for hydroxylation is 1. The average molecular weight is 892 g/mol. The molecule has 6 heterocycles. The zero-order valence-corrected chi connectivity index (χ0v) is 39.0. The molecule has 2 aromatic heterocycles. The highest BCUT2D eigenvalue weighted by molar-refractivity contribution is 5.96. The van der Waals surface area contributed by atoms with Gasteiger partial charge in [0.2, 0.25) is 11.8 Å². The summed E-state index contributed by atoms with van der Waals surface area (Å²) in [5.74, 6) is -2.30. The number of phenols is 1. The predicted octanol–water partition coefficient (Wildman–Crippen LogP) is 5.31. The summed E-state index contributed by atoms with van der Waals surface area (Å²) in [6.45, 7) is 14.2. The van der Waals surface area contributed by atoms with Gasteiger partial charge in [-0.05, 0) is 104 Å². The number of hydrazine groups is 1. The Morgan fingerprint density at radius 3 is 2.65 bits per heavy atom. The van der Waals surface area contributed by atoms with Crippen LogP contribution in [0.5, 0.6) is 5.75 Å². The molecule has 0 saturated carbocycles. The first-order valence-corrected chi connectivity index (χ1v) is 23.2. The number of likely N-dealkylation sites (N-methyl/N-ethyl adjacent to an activating group) is 1. The van der Waals surface area contributed by atoms with Crippen molar-refractivity contribution in [1.29, 1.82) is 0 Å². The van der Waals surface area contributed by atoms with E-state index < -0.39 is 47.2 Å². The number of benzene rings is 2. The molecular weight excluding hydrogens is 827 g/mol. The quantitative estimate of drug-likeness (QED) is 0.160. The minimum atomic E-state index is -1.13. The first kappa shape index (κ1) is 46.2. The van der Waals surface area contributed by atoms with Crippen molar-refractivity contribution in [3.63, 3.8) is 0 Å². The van der Waals surface area contributed by atoms with E-state index in [1.165, 1.54) is 9.91 Å². The van der Waals surface area contributed by atoms with E-state index in [0.29, 0.717) is 51.1 Å². The smallest absolute Gasteiger partial charge is 0.324 e. The summed E-state index contributed by atoms with van der Waals surface area (Å²) in [5.41, 5.74) is 9.68. The summed E-state index contributed by atoms with van der Waals surface area (Å²) in [6, 6.07) is 12.8. The van der Waals surface area contributed by atoms with Crippen LogP contribution in [0.1, 0.15) is 83.7 Å². The van der Waals surface area contributed by atoms with Crippen molar-refractivity contribution in [3.8, 4) is 28.1 Å². The molecule has 0 radical (unpaired) electrons. The Kier molecular flexibility index (Phi) is 13.4. The van der Waals surface area contributed by atoms with Gasteiger partial charge in [0.1, 0.15) is 23.9 Å². The number of phenolic OH excluding ortho intramolecular Hbond substituents is 1. The largest absolute Gasteiger partial charge is 0.508 e. The fourth-order valence-corrected chi connectivity index (χ4v) is 10.5. The van der Waals surface area contributed by atoms with E-state index in [2.05, 4.69) is 59.6 Å². The van der Waals surface area contributed by atoms with Gasteiger partial charge in [-0.25, -0.2) is 5.43 Å². The topological polar surface area (TPSA) is 177 Å². The molecule has 2 aromatic carbocycles. The standard InChI is InChI=1S/C50H65N7O8/c1-9-56-41-15-14-31-24-35(41)36(44(56)34-12-10-17-51-42(34)29(4)63-8)25-50(5,6)27-65-49(62)39-13-11-18-57(54-39)48(61)40(22-30-20-32(31)23-33(58)21-30)53-46(59)43(28(2)3)55(7)47(60)37-26-52-38-16-19-64-45(37)38/h10,12,14-15,17,20-21,23-24,28-29,37-40,43,45,52,54,58H,9,11,13,16,18-19,22,25-27H2,1-8H3,(H,53,59)/t29-,37+,38-,39-,40-,43-,45-/m0/s1. The monoisotopic (exact) mass is 891 g/mol. The molecule has 7 atom stereocenters. The number of amides is 3. The molecule has 65 heavy (non-hydrogen) atoms. The van der Waals surface area contributed by atoms with Crippen LogP contribution in [-0.2, 0) is 52.8 Å². The maximum absolute atomic E-state index is 14.7. The minimum absolute atomic E-state index is 0.00755. The maximum atomic E-state index is 14.7. The lowest BCUT2D eigenvalue weighted by molar-refractivity contribution is -0.155. The number of nitrogens with one attached hydrogen (secondary N) is 3. The number of esters is 1. The summed E-state index contributed by atoms with van der Waals surface area (Å²) in [5, 5.41) is 20.2. The first-order valence-electron chi connectivity index (χ1n) is 23.2. The van der Waals surface area contributed by atoms with Gasteiger partial charge in [-0.1, -0.05) is 39.8 Å². The van der Waals surface area contributed by atoms with Gasteiger partial charge in [-0.3, -0.25) is 29.2 Å². The second-order valence-corrected chi connectivity index (χ2v) is 19.4. The van der Waals surface area contributed by atoms with E-state index in [-0.39, 0.29) is 48.9 Å². The number of cyclic esters (lactones) is 1. The molecule has 3 fully saturated rings. The van der Waals surface area contributed by atoms with Crippen LogP contribution in [0.4, 0.5) is 0 Å². The minimum Gasteiger partial charge on any atom is -0.508 e. The number of carbonyl (C=O) groups is 4.